The van der Waals surface area contributed by atoms with E-state index in [-0.39, 0.29) is 33.4 Å². The van der Waals surface area contributed by atoms with Gasteiger partial charge in [-0.25, -0.2) is 0 Å². The van der Waals surface area contributed by atoms with Gasteiger partial charge in [-0.1, -0.05) is 46.0 Å². The van der Waals surface area contributed by atoms with Crippen LogP contribution in [-0.2, 0) is 12.7 Å². The summed E-state index contributed by atoms with van der Waals surface area (Å²) >= 11 is 18.3. The number of carbonyl (C=O) groups excluding carboxylic acids is 1. The predicted octanol–water partition coefficient (Wildman–Crippen LogP) is 7.34. The number of hydrogen-bond acceptors (Lipinski definition) is 5. The number of hydrogen-bond donors (Lipinski definition) is 0. The van der Waals surface area contributed by atoms with Crippen LogP contribution in [-0.4, -0.2) is 25.5 Å². The molecule has 3 aromatic heterocycles. The Balaban J connectivity index is 1.71. The molecule has 12 heteroatoms. The van der Waals surface area contributed by atoms with Gasteiger partial charge in [-0.15, -0.1) is 0 Å². The summed E-state index contributed by atoms with van der Waals surface area (Å²) in [5.41, 5.74) is -0.942. The van der Waals surface area contributed by atoms with Crippen molar-refractivity contribution in [3.8, 4) is 11.5 Å². The Bertz CT molecular complexity index is 1610. The van der Waals surface area contributed by atoms with Crippen molar-refractivity contribution < 1.29 is 22.5 Å². The molecule has 0 atom stereocenters. The van der Waals surface area contributed by atoms with E-state index >= 15 is 0 Å². The molecule has 0 N–H and O–H groups in total. The Labute approximate surface area is 216 Å². The first kappa shape index (κ1) is 24.3. The quantitative estimate of drug-likeness (QED) is 0.214. The van der Waals surface area contributed by atoms with Gasteiger partial charge in [0.05, 0.1) is 11.1 Å². The fourth-order valence-corrected chi connectivity index (χ4v) is 4.51. The number of halogens is 6. The lowest BCUT2D eigenvalue weighted by Crippen LogP contribution is -2.19. The Morgan fingerprint density at radius 3 is 2.47 bits per heavy atom. The Morgan fingerprint density at radius 1 is 1.03 bits per heavy atom. The van der Waals surface area contributed by atoms with Gasteiger partial charge in [-0.3, -0.25) is 9.78 Å². The van der Waals surface area contributed by atoms with Crippen LogP contribution < -0.4 is 0 Å². The van der Waals surface area contributed by atoms with Gasteiger partial charge in [0.1, 0.15) is 5.69 Å². The average molecular weight is 552 g/mol. The van der Waals surface area contributed by atoms with Crippen LogP contribution >= 0.6 is 34.8 Å². The highest BCUT2D eigenvalue weighted by atomic mass is 35.5. The van der Waals surface area contributed by atoms with Crippen molar-refractivity contribution in [2.75, 3.05) is 0 Å². The summed E-state index contributed by atoms with van der Waals surface area (Å²) in [6, 6.07) is 11.8. The summed E-state index contributed by atoms with van der Waals surface area (Å²) in [6.45, 7) is -0.288. The molecule has 182 valence electrons. The Kier molecular flexibility index (Phi) is 6.23. The molecule has 0 spiro atoms. The molecule has 36 heavy (non-hydrogen) atoms. The van der Waals surface area contributed by atoms with E-state index in [4.69, 9.17) is 39.3 Å². The predicted molar refractivity (Wildman–Crippen MR) is 128 cm³/mol. The van der Waals surface area contributed by atoms with Crippen LogP contribution in [0.3, 0.4) is 0 Å². The third-order valence-electron chi connectivity index (χ3n) is 5.40. The highest BCUT2D eigenvalue weighted by Gasteiger charge is 2.42. The molecule has 3 heterocycles. The minimum absolute atomic E-state index is 0.0161. The molecule has 0 aliphatic rings. The monoisotopic (exact) mass is 550 g/mol. The molecule has 5 aromatic rings. The SMILES string of the molecule is O=C(c1noc(-c2cccnc2)n1)c1c(C(F)(F)F)n(Cc2ccc(Cl)cc2Cl)c2ccc(Cl)cc12. The normalized spacial score (nSPS) is 11.8. The second-order valence-corrected chi connectivity index (χ2v) is 8.98. The summed E-state index contributed by atoms with van der Waals surface area (Å²) in [5, 5.41) is 4.28. The van der Waals surface area contributed by atoms with Crippen molar-refractivity contribution in [2.24, 2.45) is 0 Å². The zero-order chi connectivity index (χ0) is 25.6. The molecule has 0 saturated carbocycles. The minimum Gasteiger partial charge on any atom is -0.333 e. The number of rotatable bonds is 5. The van der Waals surface area contributed by atoms with Gasteiger partial charge in [0.25, 0.3) is 5.89 Å². The number of alkyl halides is 3. The number of ketones is 1. The van der Waals surface area contributed by atoms with Gasteiger partial charge in [-0.05, 0) is 48.0 Å². The summed E-state index contributed by atoms with van der Waals surface area (Å²) in [6.07, 6.45) is -1.98. The highest BCUT2D eigenvalue weighted by Crippen LogP contribution is 2.41. The van der Waals surface area contributed by atoms with E-state index < -0.39 is 29.0 Å². The zero-order valence-electron chi connectivity index (χ0n) is 17.9. The van der Waals surface area contributed by atoms with Crippen molar-refractivity contribution in [1.82, 2.24) is 19.7 Å². The van der Waals surface area contributed by atoms with Crippen LogP contribution in [0.15, 0.2) is 65.4 Å². The lowest BCUT2D eigenvalue weighted by Gasteiger charge is -2.15. The van der Waals surface area contributed by atoms with E-state index in [1.54, 1.807) is 12.1 Å². The molecular weight excluding hydrogens is 540 g/mol. The molecule has 0 fully saturated rings. The van der Waals surface area contributed by atoms with Gasteiger partial charge in [0.2, 0.25) is 11.6 Å². The largest absolute Gasteiger partial charge is 0.432 e. The van der Waals surface area contributed by atoms with Crippen LogP contribution in [0.1, 0.15) is 27.4 Å². The zero-order valence-corrected chi connectivity index (χ0v) is 20.1. The van der Waals surface area contributed by atoms with E-state index in [1.165, 1.54) is 48.8 Å². The van der Waals surface area contributed by atoms with Crippen molar-refractivity contribution >= 4 is 51.5 Å². The average Bonchev–Trinajstić information content (AvgIpc) is 3.44. The molecule has 0 bridgehead atoms. The maximum absolute atomic E-state index is 14.5. The fourth-order valence-electron chi connectivity index (χ4n) is 3.87. The fraction of sp³-hybridized carbons (Fsp3) is 0.0833. The van der Waals surface area contributed by atoms with Crippen LogP contribution in [0, 0.1) is 0 Å². The van der Waals surface area contributed by atoms with Crippen LogP contribution in [0.25, 0.3) is 22.4 Å². The molecule has 2 aromatic carbocycles. The number of fused-ring (bicyclic) bond motifs is 1. The molecule has 0 radical (unpaired) electrons. The molecule has 0 aliphatic carbocycles. The first-order valence-corrected chi connectivity index (χ1v) is 11.4. The van der Waals surface area contributed by atoms with Crippen molar-refractivity contribution in [1.29, 1.82) is 0 Å². The summed E-state index contributed by atoms with van der Waals surface area (Å²) < 4.78 is 49.7. The van der Waals surface area contributed by atoms with Crippen LogP contribution in [0.4, 0.5) is 13.2 Å². The van der Waals surface area contributed by atoms with Gasteiger partial charge in [-0.2, -0.15) is 18.2 Å². The lowest BCUT2D eigenvalue weighted by molar-refractivity contribution is -0.143. The number of aromatic nitrogens is 4. The van der Waals surface area contributed by atoms with Crippen LogP contribution in [0.5, 0.6) is 0 Å². The molecule has 0 aliphatic heterocycles. The standard InChI is InChI=1S/C24H12Cl3F3N4O2/c25-14-5-6-18-16(8-14)19(20(35)22-32-23(36-33-22)12-2-1-7-31-10-12)21(24(28,29)30)34(18)11-13-3-4-15(26)9-17(13)27/h1-10H,11H2. The minimum atomic E-state index is -4.93. The van der Waals surface area contributed by atoms with E-state index in [9.17, 15) is 18.0 Å². The van der Waals surface area contributed by atoms with Crippen molar-refractivity contribution in [2.45, 2.75) is 12.7 Å². The van der Waals surface area contributed by atoms with E-state index in [0.29, 0.717) is 16.1 Å². The first-order valence-electron chi connectivity index (χ1n) is 10.2. The Hall–Kier alpha value is -3.40. The summed E-state index contributed by atoms with van der Waals surface area (Å²) in [4.78, 5) is 21.4. The third-order valence-corrected chi connectivity index (χ3v) is 6.22. The second kappa shape index (κ2) is 9.24. The van der Waals surface area contributed by atoms with E-state index in [1.807, 2.05) is 0 Å². The number of carbonyl (C=O) groups is 1. The van der Waals surface area contributed by atoms with E-state index in [2.05, 4.69) is 15.1 Å². The second-order valence-electron chi connectivity index (χ2n) is 7.70. The third kappa shape index (κ3) is 4.45. The smallest absolute Gasteiger partial charge is 0.333 e. The highest BCUT2D eigenvalue weighted by molar-refractivity contribution is 6.35. The summed E-state index contributed by atoms with van der Waals surface area (Å²) in [7, 11) is 0. The van der Waals surface area contributed by atoms with E-state index in [0.717, 1.165) is 4.57 Å². The molecule has 5 rings (SSSR count). The molecule has 0 unspecified atom stereocenters. The maximum atomic E-state index is 14.5. The number of pyridine rings is 1. The first-order chi connectivity index (χ1) is 17.1. The van der Waals surface area contributed by atoms with Gasteiger partial charge in [0.15, 0.2) is 0 Å². The van der Waals surface area contributed by atoms with Crippen molar-refractivity contribution in [3.05, 3.63) is 98.6 Å². The maximum Gasteiger partial charge on any atom is 0.432 e. The number of nitrogens with zero attached hydrogens (tertiary/aromatic N) is 4. The molecule has 0 saturated heterocycles. The lowest BCUT2D eigenvalue weighted by atomic mass is 10.1. The molecule has 0 amide bonds. The molecule has 6 nitrogen and oxygen atoms in total. The van der Waals surface area contributed by atoms with Gasteiger partial charge < -0.3 is 9.09 Å². The summed E-state index contributed by atoms with van der Waals surface area (Å²) in [5.74, 6) is -1.67. The Morgan fingerprint density at radius 2 is 1.78 bits per heavy atom. The van der Waals surface area contributed by atoms with Gasteiger partial charge >= 0.3 is 6.18 Å². The van der Waals surface area contributed by atoms with Gasteiger partial charge in [0, 0.05) is 44.9 Å². The topological polar surface area (TPSA) is 73.8 Å². The number of benzene rings is 2. The van der Waals surface area contributed by atoms with Crippen LogP contribution in [0.2, 0.25) is 15.1 Å². The van der Waals surface area contributed by atoms with Crippen molar-refractivity contribution in [3.63, 3.8) is 0 Å². The molecular formula is C24H12Cl3F3N4O2.